The normalized spacial score (nSPS) is 14.8. The summed E-state index contributed by atoms with van der Waals surface area (Å²) < 4.78 is 18.9. The minimum absolute atomic E-state index is 0.0933. The third-order valence-electron chi connectivity index (χ3n) is 6.05. The molecule has 2 heterocycles. The molecular weight excluding hydrogens is 537 g/mol. The molecule has 1 unspecified atom stereocenters. The van der Waals surface area contributed by atoms with Crippen LogP contribution in [0.4, 0.5) is 20.1 Å². The van der Waals surface area contributed by atoms with Crippen LogP contribution in [0.3, 0.4) is 0 Å². The van der Waals surface area contributed by atoms with Crippen molar-refractivity contribution in [2.24, 2.45) is 0 Å². The van der Waals surface area contributed by atoms with E-state index in [2.05, 4.69) is 36.2 Å². The topological polar surface area (TPSA) is 147 Å². The fourth-order valence-electron chi connectivity index (χ4n) is 4.25. The number of carbonyl (C=O) groups excluding carboxylic acids is 3. The monoisotopic (exact) mass is 571 g/mol. The SMILES string of the molecule is CC(C)(C)OC(=O)NCCNC(=O)CCCC(=O)Nc1nc2c(s1)CC(Nc1ncnc3ccc(F)cc13)CC2. The molecule has 0 spiro atoms. The molecule has 0 radical (unpaired) electrons. The summed E-state index contributed by atoms with van der Waals surface area (Å²) in [5.41, 5.74) is 1.06. The van der Waals surface area contributed by atoms with Gasteiger partial charge in [0.05, 0.1) is 11.2 Å². The number of thiazole rings is 1. The molecule has 1 atom stereocenters. The first kappa shape index (κ1) is 29.1. The van der Waals surface area contributed by atoms with E-state index < -0.39 is 11.7 Å². The van der Waals surface area contributed by atoms with Crippen molar-refractivity contribution in [3.63, 3.8) is 0 Å². The molecule has 0 saturated heterocycles. The molecule has 40 heavy (non-hydrogen) atoms. The number of ether oxygens (including phenoxy) is 1. The van der Waals surface area contributed by atoms with Gasteiger partial charge in [-0.2, -0.15) is 0 Å². The number of hydrogen-bond acceptors (Lipinski definition) is 9. The van der Waals surface area contributed by atoms with Gasteiger partial charge in [-0.3, -0.25) is 9.59 Å². The predicted molar refractivity (Wildman–Crippen MR) is 151 cm³/mol. The quantitative estimate of drug-likeness (QED) is 0.268. The number of nitrogens with zero attached hydrogens (tertiary/aromatic N) is 3. The van der Waals surface area contributed by atoms with Crippen molar-refractivity contribution >= 4 is 51.1 Å². The van der Waals surface area contributed by atoms with Gasteiger partial charge in [0.2, 0.25) is 11.8 Å². The number of aryl methyl sites for hydroxylation is 1. The van der Waals surface area contributed by atoms with E-state index >= 15 is 0 Å². The minimum Gasteiger partial charge on any atom is -0.444 e. The van der Waals surface area contributed by atoms with E-state index in [9.17, 15) is 18.8 Å². The maximum absolute atomic E-state index is 13.8. The van der Waals surface area contributed by atoms with Gasteiger partial charge in [-0.1, -0.05) is 0 Å². The van der Waals surface area contributed by atoms with E-state index in [4.69, 9.17) is 4.74 Å². The lowest BCUT2D eigenvalue weighted by molar-refractivity contribution is -0.121. The number of alkyl carbamates (subject to hydrolysis) is 1. The Labute approximate surface area is 235 Å². The summed E-state index contributed by atoms with van der Waals surface area (Å²) in [4.78, 5) is 50.2. The number of carbonyl (C=O) groups is 3. The Morgan fingerprint density at radius 1 is 1.10 bits per heavy atom. The van der Waals surface area contributed by atoms with E-state index in [0.717, 1.165) is 23.4 Å². The average Bonchev–Trinajstić information content (AvgIpc) is 3.27. The number of fused-ring (bicyclic) bond motifs is 2. The van der Waals surface area contributed by atoms with E-state index in [0.29, 0.717) is 34.7 Å². The second kappa shape index (κ2) is 13.0. The number of amides is 3. The maximum atomic E-state index is 13.8. The van der Waals surface area contributed by atoms with Crippen LogP contribution in [0.15, 0.2) is 24.5 Å². The van der Waals surface area contributed by atoms with Crippen molar-refractivity contribution in [2.45, 2.75) is 70.9 Å². The molecule has 4 rings (SSSR count). The third-order valence-corrected chi connectivity index (χ3v) is 7.08. The van der Waals surface area contributed by atoms with E-state index in [1.807, 2.05) is 0 Å². The number of nitrogens with one attached hydrogen (secondary N) is 4. The standard InChI is InChI=1S/C27H34FN7O4S/c1-27(2,3)39-26(38)30-12-11-29-22(36)5-4-6-23(37)35-25-34-20-10-8-17(14-21(20)40-25)33-24-18-13-16(28)7-9-19(18)31-15-32-24/h7,9,13,15,17H,4-6,8,10-12,14H2,1-3H3,(H,29,36)(H,30,38)(H,31,32,33)(H,34,35,37). The van der Waals surface area contributed by atoms with Gasteiger partial charge in [0.15, 0.2) is 5.13 Å². The highest BCUT2D eigenvalue weighted by Crippen LogP contribution is 2.32. The first-order valence-corrected chi connectivity index (χ1v) is 14.1. The van der Waals surface area contributed by atoms with Crippen LogP contribution in [0.1, 0.15) is 57.0 Å². The van der Waals surface area contributed by atoms with Crippen LogP contribution in [-0.2, 0) is 27.2 Å². The molecule has 3 aromatic rings. The molecule has 1 aliphatic rings. The largest absolute Gasteiger partial charge is 0.444 e. The van der Waals surface area contributed by atoms with Gasteiger partial charge >= 0.3 is 6.09 Å². The molecule has 1 aliphatic carbocycles. The van der Waals surface area contributed by atoms with Crippen LogP contribution < -0.4 is 21.3 Å². The summed E-state index contributed by atoms with van der Waals surface area (Å²) in [6.45, 7) is 5.84. The molecule has 13 heteroatoms. The van der Waals surface area contributed by atoms with Gasteiger partial charge < -0.3 is 26.0 Å². The Hall–Kier alpha value is -3.87. The second-order valence-corrected chi connectivity index (χ2v) is 11.6. The number of aromatic nitrogens is 3. The van der Waals surface area contributed by atoms with Gasteiger partial charge in [-0.15, -0.1) is 11.3 Å². The third kappa shape index (κ3) is 8.57. The molecule has 2 aromatic heterocycles. The number of anilines is 2. The number of benzene rings is 1. The van der Waals surface area contributed by atoms with Crippen molar-refractivity contribution in [3.05, 3.63) is 40.9 Å². The van der Waals surface area contributed by atoms with Crippen LogP contribution in [0.25, 0.3) is 10.9 Å². The zero-order valence-electron chi connectivity index (χ0n) is 22.8. The lowest BCUT2D eigenvalue weighted by Crippen LogP contribution is -2.37. The molecule has 4 N–H and O–H groups in total. The number of hydrogen-bond donors (Lipinski definition) is 4. The average molecular weight is 572 g/mol. The van der Waals surface area contributed by atoms with E-state index in [1.165, 1.54) is 29.8 Å². The van der Waals surface area contributed by atoms with Crippen molar-refractivity contribution in [3.8, 4) is 0 Å². The Morgan fingerprint density at radius 2 is 1.88 bits per heavy atom. The van der Waals surface area contributed by atoms with Crippen LogP contribution >= 0.6 is 11.3 Å². The van der Waals surface area contributed by atoms with Crippen LogP contribution in [0, 0.1) is 5.82 Å². The van der Waals surface area contributed by atoms with Crippen molar-refractivity contribution in [1.82, 2.24) is 25.6 Å². The fraction of sp³-hybridized carbons (Fsp3) is 0.481. The van der Waals surface area contributed by atoms with Crippen molar-refractivity contribution < 1.29 is 23.5 Å². The van der Waals surface area contributed by atoms with Crippen LogP contribution in [-0.4, -0.2) is 57.6 Å². The van der Waals surface area contributed by atoms with Gasteiger partial charge in [-0.25, -0.2) is 24.1 Å². The maximum Gasteiger partial charge on any atom is 0.407 e. The number of rotatable bonds is 10. The summed E-state index contributed by atoms with van der Waals surface area (Å²) >= 11 is 1.44. The van der Waals surface area contributed by atoms with Crippen molar-refractivity contribution in [1.29, 1.82) is 0 Å². The molecule has 214 valence electrons. The Morgan fingerprint density at radius 3 is 2.67 bits per heavy atom. The molecule has 0 bridgehead atoms. The lowest BCUT2D eigenvalue weighted by atomic mass is 9.97. The first-order valence-electron chi connectivity index (χ1n) is 13.2. The zero-order chi connectivity index (χ0) is 28.7. The first-order chi connectivity index (χ1) is 19.1. The summed E-state index contributed by atoms with van der Waals surface area (Å²) in [7, 11) is 0. The van der Waals surface area contributed by atoms with Gasteiger partial charge in [0.1, 0.15) is 23.6 Å². The summed E-state index contributed by atoms with van der Waals surface area (Å²) in [5, 5.41) is 12.7. The molecule has 1 aromatic carbocycles. The predicted octanol–water partition coefficient (Wildman–Crippen LogP) is 3.94. The Kier molecular flexibility index (Phi) is 9.46. The van der Waals surface area contributed by atoms with Gasteiger partial charge in [0, 0.05) is 48.7 Å². The van der Waals surface area contributed by atoms with E-state index in [-0.39, 0.29) is 49.6 Å². The molecule has 3 amide bonds. The highest BCUT2D eigenvalue weighted by Gasteiger charge is 2.24. The number of halogens is 1. The fourth-order valence-corrected chi connectivity index (χ4v) is 5.35. The Balaban J connectivity index is 1.17. The highest BCUT2D eigenvalue weighted by atomic mass is 32.1. The molecule has 0 saturated carbocycles. The zero-order valence-corrected chi connectivity index (χ0v) is 23.6. The molecule has 0 fully saturated rings. The van der Waals surface area contributed by atoms with Gasteiger partial charge in [-0.05, 0) is 58.2 Å². The minimum atomic E-state index is -0.581. The van der Waals surface area contributed by atoms with Crippen LogP contribution in [0.2, 0.25) is 0 Å². The van der Waals surface area contributed by atoms with Gasteiger partial charge in [0.25, 0.3) is 0 Å². The molecule has 11 nitrogen and oxygen atoms in total. The Bertz CT molecular complexity index is 1370. The summed E-state index contributed by atoms with van der Waals surface area (Å²) in [6, 6.07) is 4.53. The summed E-state index contributed by atoms with van der Waals surface area (Å²) in [6.07, 6.45) is 4.00. The van der Waals surface area contributed by atoms with Crippen LogP contribution in [0.5, 0.6) is 0 Å². The smallest absolute Gasteiger partial charge is 0.407 e. The lowest BCUT2D eigenvalue weighted by Gasteiger charge is -2.23. The van der Waals surface area contributed by atoms with E-state index in [1.54, 1.807) is 26.8 Å². The second-order valence-electron chi connectivity index (χ2n) is 10.5. The molecular formula is C27H34FN7O4S. The van der Waals surface area contributed by atoms with Crippen molar-refractivity contribution in [2.75, 3.05) is 23.7 Å². The summed E-state index contributed by atoms with van der Waals surface area (Å²) in [5.74, 6) is -0.137. The highest BCUT2D eigenvalue weighted by molar-refractivity contribution is 7.15. The molecule has 0 aliphatic heterocycles.